The number of aryl methyl sites for hydroxylation is 2. The number of anilines is 1. The number of rotatable bonds is 4. The highest BCUT2D eigenvalue weighted by molar-refractivity contribution is 7.18. The van der Waals surface area contributed by atoms with Crippen LogP contribution in [-0.2, 0) is 11.3 Å². The molecule has 0 aliphatic heterocycles. The van der Waals surface area contributed by atoms with E-state index < -0.39 is 5.41 Å². The molecule has 0 saturated carbocycles. The van der Waals surface area contributed by atoms with Gasteiger partial charge in [0.1, 0.15) is 0 Å². The molecule has 0 radical (unpaired) electrons. The molecule has 0 aliphatic rings. The quantitative estimate of drug-likeness (QED) is 0.870. The van der Waals surface area contributed by atoms with Crippen LogP contribution < -0.4 is 10.6 Å². The molecular formula is C19H24N2O2S. The Morgan fingerprint density at radius 2 is 1.83 bits per heavy atom. The van der Waals surface area contributed by atoms with Crippen molar-refractivity contribution < 1.29 is 9.59 Å². The Bertz CT molecular complexity index is 757. The van der Waals surface area contributed by atoms with Crippen molar-refractivity contribution in [2.75, 3.05) is 5.32 Å². The summed E-state index contributed by atoms with van der Waals surface area (Å²) in [6, 6.07) is 9.89. The lowest BCUT2D eigenvalue weighted by Crippen LogP contribution is -2.27. The topological polar surface area (TPSA) is 58.2 Å². The highest BCUT2D eigenvalue weighted by Gasteiger charge is 2.23. The molecule has 2 aromatic rings. The molecule has 1 heterocycles. The second-order valence-corrected chi connectivity index (χ2v) is 8.05. The van der Waals surface area contributed by atoms with E-state index >= 15 is 0 Å². The molecule has 128 valence electrons. The number of carbonyl (C=O) groups excluding carboxylic acids is 2. The molecule has 0 atom stereocenters. The summed E-state index contributed by atoms with van der Waals surface area (Å²) in [7, 11) is 0. The number of amides is 2. The Balaban J connectivity index is 2.03. The Kier molecular flexibility index (Phi) is 5.44. The van der Waals surface area contributed by atoms with E-state index in [9.17, 15) is 9.59 Å². The van der Waals surface area contributed by atoms with Gasteiger partial charge in [-0.15, -0.1) is 11.3 Å². The van der Waals surface area contributed by atoms with Gasteiger partial charge in [-0.1, -0.05) is 50.6 Å². The molecule has 0 fully saturated rings. The van der Waals surface area contributed by atoms with Crippen molar-refractivity contribution in [2.24, 2.45) is 5.41 Å². The van der Waals surface area contributed by atoms with Crippen molar-refractivity contribution in [3.63, 3.8) is 0 Å². The highest BCUT2D eigenvalue weighted by atomic mass is 32.1. The molecule has 0 unspecified atom stereocenters. The van der Waals surface area contributed by atoms with Crippen molar-refractivity contribution in [3.8, 4) is 0 Å². The predicted octanol–water partition coefficient (Wildman–Crippen LogP) is 4.28. The number of hydrogen-bond donors (Lipinski definition) is 2. The third-order valence-corrected chi connectivity index (χ3v) is 4.73. The fourth-order valence-electron chi connectivity index (χ4n) is 2.15. The molecule has 24 heavy (non-hydrogen) atoms. The Morgan fingerprint density at radius 1 is 1.12 bits per heavy atom. The van der Waals surface area contributed by atoms with Crippen LogP contribution in [0.2, 0.25) is 0 Å². The van der Waals surface area contributed by atoms with Crippen LogP contribution in [0.1, 0.15) is 47.1 Å². The number of carbonyl (C=O) groups is 2. The monoisotopic (exact) mass is 344 g/mol. The van der Waals surface area contributed by atoms with Gasteiger partial charge in [0.25, 0.3) is 5.91 Å². The zero-order valence-corrected chi connectivity index (χ0v) is 15.6. The Hall–Kier alpha value is -2.14. The van der Waals surface area contributed by atoms with E-state index in [-0.39, 0.29) is 11.8 Å². The van der Waals surface area contributed by atoms with Gasteiger partial charge in [-0.2, -0.15) is 0 Å². The minimum absolute atomic E-state index is 0.0598. The van der Waals surface area contributed by atoms with E-state index in [1.54, 1.807) is 0 Å². The zero-order chi connectivity index (χ0) is 17.9. The smallest absolute Gasteiger partial charge is 0.261 e. The van der Waals surface area contributed by atoms with Gasteiger partial charge >= 0.3 is 0 Å². The van der Waals surface area contributed by atoms with Crippen molar-refractivity contribution in [1.29, 1.82) is 0 Å². The number of hydrogen-bond acceptors (Lipinski definition) is 3. The largest absolute Gasteiger partial charge is 0.347 e. The molecular weight excluding hydrogens is 320 g/mol. The maximum absolute atomic E-state index is 12.4. The first-order chi connectivity index (χ1) is 11.2. The van der Waals surface area contributed by atoms with Crippen molar-refractivity contribution >= 4 is 28.2 Å². The maximum Gasteiger partial charge on any atom is 0.261 e. The second kappa shape index (κ2) is 7.18. The third kappa shape index (κ3) is 4.68. The highest BCUT2D eigenvalue weighted by Crippen LogP contribution is 2.28. The minimum atomic E-state index is -0.467. The molecule has 4 nitrogen and oxygen atoms in total. The molecule has 1 aromatic carbocycles. The minimum Gasteiger partial charge on any atom is -0.347 e. The summed E-state index contributed by atoms with van der Waals surface area (Å²) in [6.45, 7) is 9.97. The summed E-state index contributed by atoms with van der Waals surface area (Å²) in [5.41, 5.74) is 2.64. The molecule has 2 rings (SSSR count). The summed E-state index contributed by atoms with van der Waals surface area (Å²) in [4.78, 5) is 25.1. The summed E-state index contributed by atoms with van der Waals surface area (Å²) >= 11 is 1.31. The van der Waals surface area contributed by atoms with Gasteiger partial charge < -0.3 is 10.6 Å². The third-order valence-electron chi connectivity index (χ3n) is 3.58. The summed E-state index contributed by atoms with van der Waals surface area (Å²) < 4.78 is 0. The van der Waals surface area contributed by atoms with Gasteiger partial charge in [-0.3, -0.25) is 9.59 Å². The molecule has 2 N–H and O–H groups in total. The van der Waals surface area contributed by atoms with Gasteiger partial charge in [-0.25, -0.2) is 0 Å². The number of thiophene rings is 1. The standard InChI is InChI=1S/C19H24N2O2S/c1-12-7-6-8-14(9-12)11-20-17(22)16-13(2)10-15(24-16)21-18(23)19(3,4)5/h6-10H,11H2,1-5H3,(H,20,22)(H,21,23). The van der Waals surface area contributed by atoms with Crippen LogP contribution in [0, 0.1) is 19.3 Å². The fraction of sp³-hybridized carbons (Fsp3) is 0.368. The lowest BCUT2D eigenvalue weighted by atomic mass is 9.96. The van der Waals surface area contributed by atoms with Crippen LogP contribution >= 0.6 is 11.3 Å². The van der Waals surface area contributed by atoms with E-state index in [2.05, 4.69) is 16.7 Å². The van der Waals surface area contributed by atoms with Gasteiger partial charge in [-0.05, 0) is 31.0 Å². The van der Waals surface area contributed by atoms with E-state index in [4.69, 9.17) is 0 Å². The van der Waals surface area contributed by atoms with Crippen molar-refractivity contribution in [3.05, 3.63) is 51.9 Å². The van der Waals surface area contributed by atoms with Gasteiger partial charge in [0.15, 0.2) is 0 Å². The van der Waals surface area contributed by atoms with E-state index in [1.165, 1.54) is 16.9 Å². The van der Waals surface area contributed by atoms with Crippen molar-refractivity contribution in [1.82, 2.24) is 5.32 Å². The van der Waals surface area contributed by atoms with E-state index in [1.807, 2.05) is 58.9 Å². The SMILES string of the molecule is Cc1cccc(CNC(=O)c2sc(NC(=O)C(C)(C)C)cc2C)c1. The van der Waals surface area contributed by atoms with E-state index in [0.717, 1.165) is 11.1 Å². The molecule has 5 heteroatoms. The second-order valence-electron chi connectivity index (χ2n) is 7.00. The molecule has 0 saturated heterocycles. The number of nitrogens with one attached hydrogen (secondary N) is 2. The molecule has 0 spiro atoms. The van der Waals surface area contributed by atoms with Crippen LogP contribution in [0.15, 0.2) is 30.3 Å². The van der Waals surface area contributed by atoms with Crippen LogP contribution in [0.4, 0.5) is 5.00 Å². The summed E-state index contributed by atoms with van der Waals surface area (Å²) in [6.07, 6.45) is 0. The van der Waals surface area contributed by atoms with Gasteiger partial charge in [0.2, 0.25) is 5.91 Å². The Morgan fingerprint density at radius 3 is 2.46 bits per heavy atom. The molecule has 1 aromatic heterocycles. The van der Waals surface area contributed by atoms with Crippen LogP contribution in [-0.4, -0.2) is 11.8 Å². The summed E-state index contributed by atoms with van der Waals surface area (Å²) in [5, 5.41) is 6.52. The van der Waals surface area contributed by atoms with E-state index in [0.29, 0.717) is 16.4 Å². The molecule has 0 bridgehead atoms. The first-order valence-electron chi connectivity index (χ1n) is 7.92. The zero-order valence-electron chi connectivity index (χ0n) is 14.8. The Labute approximate surface area is 147 Å². The lowest BCUT2D eigenvalue weighted by Gasteiger charge is -2.16. The first kappa shape index (κ1) is 18.2. The predicted molar refractivity (Wildman–Crippen MR) is 99.5 cm³/mol. The lowest BCUT2D eigenvalue weighted by molar-refractivity contribution is -0.123. The average molecular weight is 344 g/mol. The number of benzene rings is 1. The van der Waals surface area contributed by atoms with Crippen molar-refractivity contribution in [2.45, 2.75) is 41.2 Å². The van der Waals surface area contributed by atoms with Gasteiger partial charge in [0, 0.05) is 12.0 Å². The normalized spacial score (nSPS) is 11.2. The van der Waals surface area contributed by atoms with Gasteiger partial charge in [0.05, 0.1) is 9.88 Å². The van der Waals surface area contributed by atoms with Crippen LogP contribution in [0.5, 0.6) is 0 Å². The van der Waals surface area contributed by atoms with Crippen LogP contribution in [0.3, 0.4) is 0 Å². The first-order valence-corrected chi connectivity index (χ1v) is 8.74. The average Bonchev–Trinajstić information content (AvgIpc) is 2.84. The van der Waals surface area contributed by atoms with Crippen LogP contribution in [0.25, 0.3) is 0 Å². The molecule has 2 amide bonds. The maximum atomic E-state index is 12.4. The fourth-order valence-corrected chi connectivity index (χ4v) is 3.14. The summed E-state index contributed by atoms with van der Waals surface area (Å²) in [5.74, 6) is -0.175. The molecule has 0 aliphatic carbocycles.